The number of halogens is 1. The van der Waals surface area contributed by atoms with Gasteiger partial charge in [-0.15, -0.1) is 11.3 Å². The summed E-state index contributed by atoms with van der Waals surface area (Å²) < 4.78 is 2.93. The number of hydrogen-bond donors (Lipinski definition) is 1. The Morgan fingerprint density at radius 2 is 2.44 bits per heavy atom. The molecule has 0 aliphatic carbocycles. The molecule has 1 amide bonds. The Morgan fingerprint density at radius 3 is 3.00 bits per heavy atom. The summed E-state index contributed by atoms with van der Waals surface area (Å²) in [6.07, 6.45) is 3.95. The third kappa shape index (κ3) is 2.74. The Kier molecular flexibility index (Phi) is 3.46. The molecule has 1 N–H and O–H groups in total. The molecular formula is C11H11BrN2OS. The minimum atomic E-state index is -0.0363. The fraction of sp³-hybridized carbons (Fsp3) is 0.182. The standard InChI is InChI=1S/C11H11BrN2OS/c1-14-3-2-8(6-14)5-13-11(15)9-4-10(12)16-7-9/h2-4,6-7H,5H2,1H3,(H,13,15). The van der Waals surface area contributed by atoms with E-state index < -0.39 is 0 Å². The third-order valence-corrected chi connectivity index (χ3v) is 3.68. The van der Waals surface area contributed by atoms with Gasteiger partial charge in [0, 0.05) is 31.4 Å². The van der Waals surface area contributed by atoms with Crippen LogP contribution in [0.5, 0.6) is 0 Å². The van der Waals surface area contributed by atoms with Crippen molar-refractivity contribution in [2.24, 2.45) is 7.05 Å². The van der Waals surface area contributed by atoms with Gasteiger partial charge >= 0.3 is 0 Å². The summed E-state index contributed by atoms with van der Waals surface area (Å²) >= 11 is 4.85. The van der Waals surface area contributed by atoms with E-state index in [0.29, 0.717) is 12.1 Å². The quantitative estimate of drug-likeness (QED) is 0.929. The van der Waals surface area contributed by atoms with Crippen molar-refractivity contribution in [2.75, 3.05) is 0 Å². The van der Waals surface area contributed by atoms with Crippen molar-refractivity contribution in [1.29, 1.82) is 0 Å². The Morgan fingerprint density at radius 1 is 1.62 bits per heavy atom. The van der Waals surface area contributed by atoms with E-state index in [9.17, 15) is 4.79 Å². The van der Waals surface area contributed by atoms with E-state index in [1.807, 2.05) is 41.5 Å². The highest BCUT2D eigenvalue weighted by molar-refractivity contribution is 9.11. The summed E-state index contributed by atoms with van der Waals surface area (Å²) in [6.45, 7) is 0.563. The van der Waals surface area contributed by atoms with Gasteiger partial charge in [0.2, 0.25) is 0 Å². The Hall–Kier alpha value is -1.07. The predicted molar refractivity (Wildman–Crippen MR) is 68.6 cm³/mol. The van der Waals surface area contributed by atoms with Gasteiger partial charge in [0.1, 0.15) is 0 Å². The van der Waals surface area contributed by atoms with Crippen LogP contribution in [0.4, 0.5) is 0 Å². The van der Waals surface area contributed by atoms with Gasteiger partial charge in [-0.25, -0.2) is 0 Å². The van der Waals surface area contributed by atoms with E-state index in [1.165, 1.54) is 11.3 Å². The zero-order valence-corrected chi connectivity index (χ0v) is 11.1. The maximum absolute atomic E-state index is 11.7. The van der Waals surface area contributed by atoms with Gasteiger partial charge in [-0.05, 0) is 33.6 Å². The number of aromatic nitrogens is 1. The number of carbonyl (C=O) groups is 1. The molecule has 3 nitrogen and oxygen atoms in total. The average molecular weight is 299 g/mol. The largest absolute Gasteiger partial charge is 0.357 e. The smallest absolute Gasteiger partial charge is 0.252 e. The number of nitrogens with zero attached hydrogens (tertiary/aromatic N) is 1. The summed E-state index contributed by atoms with van der Waals surface area (Å²) in [4.78, 5) is 11.7. The molecule has 0 bridgehead atoms. The normalized spacial score (nSPS) is 10.4. The second-order valence-corrected chi connectivity index (χ2v) is 5.80. The molecule has 0 fully saturated rings. The topological polar surface area (TPSA) is 34.0 Å². The maximum atomic E-state index is 11.7. The van der Waals surface area contributed by atoms with Crippen LogP contribution in [0.15, 0.2) is 33.7 Å². The Bertz CT molecular complexity index is 504. The second kappa shape index (κ2) is 4.84. The van der Waals surface area contributed by atoms with Crippen LogP contribution in [0.3, 0.4) is 0 Å². The fourth-order valence-corrected chi connectivity index (χ4v) is 2.52. The van der Waals surface area contributed by atoms with Crippen LogP contribution in [0.1, 0.15) is 15.9 Å². The molecule has 0 saturated carbocycles. The average Bonchev–Trinajstić information content (AvgIpc) is 2.84. The van der Waals surface area contributed by atoms with Gasteiger partial charge in [0.15, 0.2) is 0 Å². The van der Waals surface area contributed by atoms with Crippen LogP contribution in [0.2, 0.25) is 0 Å². The van der Waals surface area contributed by atoms with Crippen LogP contribution in [0, 0.1) is 0 Å². The van der Waals surface area contributed by atoms with E-state index >= 15 is 0 Å². The monoisotopic (exact) mass is 298 g/mol. The zero-order chi connectivity index (χ0) is 11.5. The first-order valence-corrected chi connectivity index (χ1v) is 6.45. The molecule has 16 heavy (non-hydrogen) atoms. The number of amides is 1. The first-order chi connectivity index (χ1) is 7.65. The van der Waals surface area contributed by atoms with E-state index in [4.69, 9.17) is 0 Å². The highest BCUT2D eigenvalue weighted by Crippen LogP contribution is 2.20. The highest BCUT2D eigenvalue weighted by Gasteiger charge is 2.07. The molecule has 2 aromatic heterocycles. The van der Waals surface area contributed by atoms with Crippen LogP contribution >= 0.6 is 27.3 Å². The lowest BCUT2D eigenvalue weighted by atomic mass is 10.3. The van der Waals surface area contributed by atoms with E-state index in [2.05, 4.69) is 21.2 Å². The van der Waals surface area contributed by atoms with Crippen LogP contribution in [0.25, 0.3) is 0 Å². The van der Waals surface area contributed by atoms with Gasteiger partial charge in [-0.3, -0.25) is 4.79 Å². The summed E-state index contributed by atoms with van der Waals surface area (Å²) in [5.74, 6) is -0.0363. The summed E-state index contributed by atoms with van der Waals surface area (Å²) in [5.41, 5.74) is 1.80. The fourth-order valence-electron chi connectivity index (χ4n) is 1.38. The number of aryl methyl sites for hydroxylation is 1. The molecule has 0 radical (unpaired) electrons. The summed E-state index contributed by atoms with van der Waals surface area (Å²) in [6, 6.07) is 3.81. The molecule has 0 unspecified atom stereocenters. The SMILES string of the molecule is Cn1ccc(CNC(=O)c2csc(Br)c2)c1. The van der Waals surface area contributed by atoms with Gasteiger partial charge in [0.25, 0.3) is 5.91 Å². The molecular weight excluding hydrogens is 288 g/mol. The molecule has 0 aliphatic heterocycles. The molecule has 84 valence electrons. The first-order valence-electron chi connectivity index (χ1n) is 4.78. The molecule has 0 aliphatic rings. The van der Waals surface area contributed by atoms with Crippen LogP contribution < -0.4 is 5.32 Å². The number of rotatable bonds is 3. The Labute approximate surface area is 106 Å². The van der Waals surface area contributed by atoms with Crippen molar-refractivity contribution in [2.45, 2.75) is 6.54 Å². The molecule has 0 aromatic carbocycles. The molecule has 2 aromatic rings. The molecule has 0 spiro atoms. The van der Waals surface area contributed by atoms with Crippen LogP contribution in [-0.2, 0) is 13.6 Å². The zero-order valence-electron chi connectivity index (χ0n) is 8.74. The Balaban J connectivity index is 1.93. The van der Waals surface area contributed by atoms with Crippen molar-refractivity contribution in [3.05, 3.63) is 44.8 Å². The van der Waals surface area contributed by atoms with Gasteiger partial charge < -0.3 is 9.88 Å². The summed E-state index contributed by atoms with van der Waals surface area (Å²) in [7, 11) is 1.96. The first kappa shape index (κ1) is 11.4. The van der Waals surface area contributed by atoms with Gasteiger partial charge in [0.05, 0.1) is 9.35 Å². The third-order valence-electron chi connectivity index (χ3n) is 2.18. The molecule has 5 heteroatoms. The van der Waals surface area contributed by atoms with Crippen molar-refractivity contribution < 1.29 is 4.79 Å². The maximum Gasteiger partial charge on any atom is 0.252 e. The second-order valence-electron chi connectivity index (χ2n) is 3.51. The predicted octanol–water partition coefficient (Wildman–Crippen LogP) is 2.78. The van der Waals surface area contributed by atoms with Crippen molar-refractivity contribution >= 4 is 33.2 Å². The van der Waals surface area contributed by atoms with Gasteiger partial charge in [-0.2, -0.15) is 0 Å². The highest BCUT2D eigenvalue weighted by atomic mass is 79.9. The van der Waals surface area contributed by atoms with Crippen molar-refractivity contribution in [3.63, 3.8) is 0 Å². The molecule has 2 heterocycles. The lowest BCUT2D eigenvalue weighted by molar-refractivity contribution is 0.0951. The van der Waals surface area contributed by atoms with Crippen molar-refractivity contribution in [1.82, 2.24) is 9.88 Å². The lowest BCUT2D eigenvalue weighted by Crippen LogP contribution is -2.21. The van der Waals surface area contributed by atoms with E-state index in [1.54, 1.807) is 0 Å². The number of nitrogens with one attached hydrogen (secondary N) is 1. The number of thiophene rings is 1. The van der Waals surface area contributed by atoms with Gasteiger partial charge in [-0.1, -0.05) is 0 Å². The molecule has 0 atom stereocenters. The lowest BCUT2D eigenvalue weighted by Gasteiger charge is -2.01. The van der Waals surface area contributed by atoms with Crippen LogP contribution in [-0.4, -0.2) is 10.5 Å². The minimum absolute atomic E-state index is 0.0363. The number of carbonyl (C=O) groups excluding carboxylic acids is 1. The van der Waals surface area contributed by atoms with E-state index in [0.717, 1.165) is 9.35 Å². The molecule has 2 rings (SSSR count). The minimum Gasteiger partial charge on any atom is -0.357 e. The summed E-state index contributed by atoms with van der Waals surface area (Å²) in [5, 5.41) is 4.71. The van der Waals surface area contributed by atoms with Crippen molar-refractivity contribution in [3.8, 4) is 0 Å². The number of hydrogen-bond acceptors (Lipinski definition) is 2. The molecule has 0 saturated heterocycles. The van der Waals surface area contributed by atoms with E-state index in [-0.39, 0.29) is 5.91 Å².